The maximum atomic E-state index is 12.2. The third-order valence-corrected chi connectivity index (χ3v) is 5.29. The Morgan fingerprint density at radius 2 is 1.64 bits per heavy atom. The Kier molecular flexibility index (Phi) is 5.39. The Balaban J connectivity index is 1.68. The van der Waals surface area contributed by atoms with Crippen molar-refractivity contribution >= 4 is 33.2 Å². The molecule has 0 bridgehead atoms. The summed E-state index contributed by atoms with van der Waals surface area (Å²) in [5, 5.41) is 8.59. The second kappa shape index (κ2) is 7.53. The first-order valence-electron chi connectivity index (χ1n) is 7.22. The molecule has 0 fully saturated rings. The molecule has 0 radical (unpaired) electrons. The predicted octanol–water partition coefficient (Wildman–Crippen LogP) is 3.66. The minimum atomic E-state index is -3.61. The van der Waals surface area contributed by atoms with Crippen LogP contribution in [0.4, 0.5) is 0 Å². The minimum absolute atomic E-state index is 0.121. The van der Waals surface area contributed by atoms with Crippen LogP contribution < -0.4 is 4.72 Å². The van der Waals surface area contributed by atoms with Crippen LogP contribution >= 0.6 is 23.2 Å². The Hall–Kier alpha value is -1.93. The number of benzene rings is 2. The molecule has 1 heterocycles. The molecular formula is C16H13Cl2N3O3S. The largest absolute Gasteiger partial charge is 0.419 e. The fourth-order valence-corrected chi connectivity index (χ4v) is 3.72. The van der Waals surface area contributed by atoms with Gasteiger partial charge in [0.1, 0.15) is 0 Å². The van der Waals surface area contributed by atoms with Gasteiger partial charge < -0.3 is 4.42 Å². The number of halogens is 2. The van der Waals surface area contributed by atoms with Crippen molar-refractivity contribution in [3.05, 3.63) is 70.0 Å². The van der Waals surface area contributed by atoms with E-state index in [1.807, 2.05) is 0 Å². The third kappa shape index (κ3) is 4.58. The summed E-state index contributed by atoms with van der Waals surface area (Å²) in [7, 11) is -3.61. The van der Waals surface area contributed by atoms with E-state index in [1.165, 1.54) is 0 Å². The molecule has 0 atom stereocenters. The van der Waals surface area contributed by atoms with Gasteiger partial charge in [-0.15, -0.1) is 10.2 Å². The molecule has 0 aliphatic rings. The summed E-state index contributed by atoms with van der Waals surface area (Å²) < 4.78 is 32.2. The van der Waals surface area contributed by atoms with Gasteiger partial charge in [0.15, 0.2) is 0 Å². The van der Waals surface area contributed by atoms with E-state index in [2.05, 4.69) is 14.9 Å². The van der Waals surface area contributed by atoms with E-state index in [9.17, 15) is 8.42 Å². The standard InChI is InChI=1S/C16H13Cl2N3O3S/c17-13-7-3-1-5-11(13)10-25(22,23)19-9-15-20-21-16(24-15)12-6-2-4-8-14(12)18/h1-8,19H,9-10H2. The Morgan fingerprint density at radius 1 is 0.960 bits per heavy atom. The van der Waals surface area contributed by atoms with E-state index in [0.717, 1.165) is 0 Å². The van der Waals surface area contributed by atoms with Crippen LogP contribution in [0.25, 0.3) is 11.5 Å². The smallest absolute Gasteiger partial charge is 0.249 e. The lowest BCUT2D eigenvalue weighted by molar-refractivity contribution is 0.494. The van der Waals surface area contributed by atoms with E-state index >= 15 is 0 Å². The topological polar surface area (TPSA) is 85.1 Å². The van der Waals surface area contributed by atoms with Gasteiger partial charge in [-0.1, -0.05) is 53.5 Å². The second-order valence-corrected chi connectivity index (χ2v) is 7.77. The number of hydrogen-bond acceptors (Lipinski definition) is 5. The van der Waals surface area contributed by atoms with E-state index in [0.29, 0.717) is 21.2 Å². The normalized spacial score (nSPS) is 11.6. The van der Waals surface area contributed by atoms with Crippen molar-refractivity contribution in [1.82, 2.24) is 14.9 Å². The fourth-order valence-electron chi connectivity index (χ4n) is 2.11. The maximum absolute atomic E-state index is 12.2. The SMILES string of the molecule is O=S(=O)(Cc1ccccc1Cl)NCc1nnc(-c2ccccc2Cl)o1. The summed E-state index contributed by atoms with van der Waals surface area (Å²) in [5.74, 6) is 0.126. The lowest BCUT2D eigenvalue weighted by Crippen LogP contribution is -2.25. The van der Waals surface area contributed by atoms with Crippen molar-refractivity contribution in [2.45, 2.75) is 12.3 Å². The molecule has 3 rings (SSSR count). The van der Waals surface area contributed by atoms with Gasteiger partial charge in [0, 0.05) is 5.02 Å². The number of hydrogen-bond donors (Lipinski definition) is 1. The van der Waals surface area contributed by atoms with Gasteiger partial charge in [-0.2, -0.15) is 0 Å². The molecule has 0 saturated carbocycles. The number of aromatic nitrogens is 2. The van der Waals surface area contributed by atoms with Gasteiger partial charge in [-0.25, -0.2) is 13.1 Å². The van der Waals surface area contributed by atoms with Gasteiger partial charge in [-0.05, 0) is 23.8 Å². The average Bonchev–Trinajstić information content (AvgIpc) is 3.04. The molecule has 25 heavy (non-hydrogen) atoms. The fraction of sp³-hybridized carbons (Fsp3) is 0.125. The molecule has 0 aliphatic heterocycles. The summed E-state index contributed by atoms with van der Waals surface area (Å²) in [4.78, 5) is 0. The second-order valence-electron chi connectivity index (χ2n) is 5.15. The van der Waals surface area contributed by atoms with Crippen molar-refractivity contribution in [1.29, 1.82) is 0 Å². The zero-order valence-electron chi connectivity index (χ0n) is 12.8. The first kappa shape index (κ1) is 17.9. The highest BCUT2D eigenvalue weighted by atomic mass is 35.5. The van der Waals surface area contributed by atoms with E-state index in [4.69, 9.17) is 27.6 Å². The van der Waals surface area contributed by atoms with Crippen LogP contribution in [0, 0.1) is 0 Å². The summed E-state index contributed by atoms with van der Waals surface area (Å²) in [6.07, 6.45) is 0. The molecular weight excluding hydrogens is 385 g/mol. The predicted molar refractivity (Wildman–Crippen MR) is 95.7 cm³/mol. The first-order chi connectivity index (χ1) is 11.9. The van der Waals surface area contributed by atoms with Gasteiger partial charge in [0.2, 0.25) is 21.8 Å². The van der Waals surface area contributed by atoms with Crippen molar-refractivity contribution in [2.24, 2.45) is 0 Å². The Bertz CT molecular complexity index is 990. The Morgan fingerprint density at radius 3 is 2.36 bits per heavy atom. The molecule has 0 amide bonds. The molecule has 0 aliphatic carbocycles. The van der Waals surface area contributed by atoms with Gasteiger partial charge >= 0.3 is 0 Å². The van der Waals surface area contributed by atoms with Gasteiger partial charge in [0.05, 0.1) is 22.9 Å². The van der Waals surface area contributed by atoms with E-state index in [1.54, 1.807) is 48.5 Å². The monoisotopic (exact) mass is 397 g/mol. The van der Waals surface area contributed by atoms with E-state index in [-0.39, 0.29) is 24.1 Å². The van der Waals surface area contributed by atoms with Crippen LogP contribution in [0.15, 0.2) is 52.9 Å². The van der Waals surface area contributed by atoms with Crippen LogP contribution in [0.2, 0.25) is 10.0 Å². The van der Waals surface area contributed by atoms with Crippen LogP contribution in [-0.4, -0.2) is 18.6 Å². The molecule has 3 aromatic rings. The van der Waals surface area contributed by atoms with Crippen LogP contribution in [0.5, 0.6) is 0 Å². The highest BCUT2D eigenvalue weighted by Gasteiger charge is 2.16. The van der Waals surface area contributed by atoms with Gasteiger partial charge in [-0.3, -0.25) is 0 Å². The first-order valence-corrected chi connectivity index (χ1v) is 9.63. The summed E-state index contributed by atoms with van der Waals surface area (Å²) in [6, 6.07) is 13.8. The van der Waals surface area contributed by atoms with Gasteiger partial charge in [0.25, 0.3) is 0 Å². The molecule has 2 aromatic carbocycles. The number of sulfonamides is 1. The van der Waals surface area contributed by atoms with E-state index < -0.39 is 10.0 Å². The number of rotatable bonds is 6. The third-order valence-electron chi connectivity index (χ3n) is 3.32. The summed E-state index contributed by atoms with van der Waals surface area (Å²) in [6.45, 7) is -0.121. The summed E-state index contributed by atoms with van der Waals surface area (Å²) in [5.41, 5.74) is 1.10. The quantitative estimate of drug-likeness (QED) is 0.685. The van der Waals surface area contributed by atoms with Crippen molar-refractivity contribution in [3.63, 3.8) is 0 Å². The van der Waals surface area contributed by atoms with Crippen LogP contribution in [-0.2, 0) is 22.3 Å². The zero-order chi connectivity index (χ0) is 17.9. The number of nitrogens with one attached hydrogen (secondary N) is 1. The number of nitrogens with zero attached hydrogens (tertiary/aromatic N) is 2. The van der Waals surface area contributed by atoms with Crippen molar-refractivity contribution < 1.29 is 12.8 Å². The molecule has 6 nitrogen and oxygen atoms in total. The molecule has 1 N–H and O–H groups in total. The highest BCUT2D eigenvalue weighted by molar-refractivity contribution is 7.88. The zero-order valence-corrected chi connectivity index (χ0v) is 15.1. The highest BCUT2D eigenvalue weighted by Crippen LogP contribution is 2.26. The molecule has 1 aromatic heterocycles. The molecule has 9 heteroatoms. The maximum Gasteiger partial charge on any atom is 0.249 e. The van der Waals surface area contributed by atoms with Crippen molar-refractivity contribution in [2.75, 3.05) is 0 Å². The molecule has 0 saturated heterocycles. The van der Waals surface area contributed by atoms with Crippen LogP contribution in [0.3, 0.4) is 0 Å². The van der Waals surface area contributed by atoms with Crippen molar-refractivity contribution in [3.8, 4) is 11.5 Å². The van der Waals surface area contributed by atoms with Crippen LogP contribution in [0.1, 0.15) is 11.5 Å². The Labute approximate surface area is 154 Å². The summed E-state index contributed by atoms with van der Waals surface area (Å²) >= 11 is 12.1. The molecule has 130 valence electrons. The minimum Gasteiger partial charge on any atom is -0.419 e. The lowest BCUT2D eigenvalue weighted by Gasteiger charge is -2.06. The average molecular weight is 398 g/mol. The molecule has 0 unspecified atom stereocenters. The lowest BCUT2D eigenvalue weighted by atomic mass is 10.2. The molecule has 0 spiro atoms.